The molecule has 0 spiro atoms. The van der Waals surface area contributed by atoms with Crippen molar-refractivity contribution in [3.8, 4) is 0 Å². The predicted molar refractivity (Wildman–Crippen MR) is 56.9 cm³/mol. The molecule has 0 amide bonds. The van der Waals surface area contributed by atoms with Gasteiger partial charge in [0.2, 0.25) is 0 Å². The lowest BCUT2D eigenvalue weighted by Crippen LogP contribution is -2.44. The Morgan fingerprint density at radius 3 is 2.79 bits per heavy atom. The van der Waals surface area contributed by atoms with Crippen LogP contribution in [0.5, 0.6) is 0 Å². The van der Waals surface area contributed by atoms with Gasteiger partial charge >= 0.3 is 0 Å². The Morgan fingerprint density at radius 2 is 2.21 bits per heavy atom. The normalized spacial score (nSPS) is 22.0. The first-order chi connectivity index (χ1) is 6.79. The van der Waals surface area contributed by atoms with Gasteiger partial charge in [0.1, 0.15) is 0 Å². The highest BCUT2D eigenvalue weighted by Gasteiger charge is 2.22. The molecule has 2 heteroatoms. The Kier molecular flexibility index (Phi) is 2.85. The van der Waals surface area contributed by atoms with Crippen LogP contribution in [-0.4, -0.2) is 22.6 Å². The van der Waals surface area contributed by atoms with Gasteiger partial charge in [-0.2, -0.15) is 0 Å². The van der Waals surface area contributed by atoms with Crippen molar-refractivity contribution in [2.45, 2.75) is 32.5 Å². The van der Waals surface area contributed by atoms with Gasteiger partial charge in [0.05, 0.1) is 6.61 Å². The van der Waals surface area contributed by atoms with Crippen LogP contribution >= 0.6 is 0 Å². The quantitative estimate of drug-likeness (QED) is 0.787. The third-order valence-electron chi connectivity index (χ3n) is 3.02. The average Bonchev–Trinajstić information content (AvgIpc) is 2.24. The second-order valence-electron chi connectivity index (χ2n) is 4.09. The molecule has 0 bridgehead atoms. The number of nitrogens with zero attached hydrogens (tertiary/aromatic N) is 1. The second kappa shape index (κ2) is 4.11. The minimum absolute atomic E-state index is 0.142. The van der Waals surface area contributed by atoms with Gasteiger partial charge in [-0.25, -0.2) is 0 Å². The molecule has 0 aromatic heterocycles. The standard InChI is InChI=1S/C12H17NO/c1-10-5-6-13(10)8-11-3-2-4-12(7-11)9-14/h2-4,7,10,14H,5-6,8-9H2,1H3. The van der Waals surface area contributed by atoms with Crippen molar-refractivity contribution in [3.63, 3.8) is 0 Å². The van der Waals surface area contributed by atoms with Crippen LogP contribution in [0.2, 0.25) is 0 Å². The zero-order valence-electron chi connectivity index (χ0n) is 8.61. The molecule has 76 valence electrons. The number of benzene rings is 1. The van der Waals surface area contributed by atoms with E-state index < -0.39 is 0 Å². The van der Waals surface area contributed by atoms with Gasteiger partial charge in [0.25, 0.3) is 0 Å². The molecule has 1 aromatic rings. The second-order valence-corrected chi connectivity index (χ2v) is 4.09. The van der Waals surface area contributed by atoms with Crippen molar-refractivity contribution in [1.29, 1.82) is 0 Å². The maximum Gasteiger partial charge on any atom is 0.0681 e. The van der Waals surface area contributed by atoms with Crippen LogP contribution in [0.25, 0.3) is 0 Å². The summed E-state index contributed by atoms with van der Waals surface area (Å²) in [6, 6.07) is 8.93. The highest BCUT2D eigenvalue weighted by molar-refractivity contribution is 5.23. The first-order valence-electron chi connectivity index (χ1n) is 5.22. The summed E-state index contributed by atoms with van der Waals surface area (Å²) < 4.78 is 0. The predicted octanol–water partition coefficient (Wildman–Crippen LogP) is 1.77. The van der Waals surface area contributed by atoms with Crippen LogP contribution in [-0.2, 0) is 13.2 Å². The first kappa shape index (κ1) is 9.69. The number of hydrogen-bond acceptors (Lipinski definition) is 2. The fourth-order valence-corrected chi connectivity index (χ4v) is 1.87. The van der Waals surface area contributed by atoms with E-state index in [1.54, 1.807) is 0 Å². The van der Waals surface area contributed by atoms with E-state index in [1.807, 2.05) is 12.1 Å². The Bertz CT molecular complexity index is 311. The highest BCUT2D eigenvalue weighted by Crippen LogP contribution is 2.19. The number of likely N-dealkylation sites (tertiary alicyclic amines) is 1. The van der Waals surface area contributed by atoms with Crippen LogP contribution in [0.3, 0.4) is 0 Å². The molecule has 0 aliphatic carbocycles. The minimum atomic E-state index is 0.142. The zero-order chi connectivity index (χ0) is 9.97. The molecular weight excluding hydrogens is 174 g/mol. The van der Waals surface area contributed by atoms with Crippen molar-refractivity contribution >= 4 is 0 Å². The summed E-state index contributed by atoms with van der Waals surface area (Å²) in [6.45, 7) is 4.64. The molecule has 1 heterocycles. The molecule has 1 aromatic carbocycles. The fourth-order valence-electron chi connectivity index (χ4n) is 1.87. The lowest BCUT2D eigenvalue weighted by atomic mass is 10.0. The minimum Gasteiger partial charge on any atom is -0.392 e. The van der Waals surface area contributed by atoms with Crippen LogP contribution in [0, 0.1) is 0 Å². The van der Waals surface area contributed by atoms with E-state index in [-0.39, 0.29) is 6.61 Å². The van der Waals surface area contributed by atoms with Crippen LogP contribution in [0.1, 0.15) is 24.5 Å². The highest BCUT2D eigenvalue weighted by atomic mass is 16.3. The summed E-state index contributed by atoms with van der Waals surface area (Å²) >= 11 is 0. The maximum atomic E-state index is 9.01. The largest absolute Gasteiger partial charge is 0.392 e. The van der Waals surface area contributed by atoms with Crippen LogP contribution in [0.4, 0.5) is 0 Å². The van der Waals surface area contributed by atoms with Crippen LogP contribution < -0.4 is 0 Å². The molecule has 1 unspecified atom stereocenters. The lowest BCUT2D eigenvalue weighted by molar-refractivity contribution is 0.0959. The lowest BCUT2D eigenvalue weighted by Gasteiger charge is -2.38. The van der Waals surface area contributed by atoms with E-state index in [0.717, 1.165) is 18.2 Å². The third-order valence-corrected chi connectivity index (χ3v) is 3.02. The summed E-state index contributed by atoms with van der Waals surface area (Å²) in [5, 5.41) is 9.01. The molecule has 1 aliphatic rings. The van der Waals surface area contributed by atoms with Gasteiger partial charge < -0.3 is 5.11 Å². The number of rotatable bonds is 3. The van der Waals surface area contributed by atoms with E-state index >= 15 is 0 Å². The zero-order valence-corrected chi connectivity index (χ0v) is 8.61. The topological polar surface area (TPSA) is 23.5 Å². The van der Waals surface area contributed by atoms with E-state index in [9.17, 15) is 0 Å². The van der Waals surface area contributed by atoms with Gasteiger partial charge in [-0.15, -0.1) is 0 Å². The molecule has 2 nitrogen and oxygen atoms in total. The van der Waals surface area contributed by atoms with Crippen LogP contribution in [0.15, 0.2) is 24.3 Å². The van der Waals surface area contributed by atoms with Crippen molar-refractivity contribution in [2.24, 2.45) is 0 Å². The van der Waals surface area contributed by atoms with E-state index in [1.165, 1.54) is 18.5 Å². The summed E-state index contributed by atoms with van der Waals surface area (Å²) in [5.74, 6) is 0. The average molecular weight is 191 g/mol. The molecule has 1 saturated heterocycles. The smallest absolute Gasteiger partial charge is 0.0681 e. The van der Waals surface area contributed by atoms with Crippen molar-refractivity contribution < 1.29 is 5.11 Å². The van der Waals surface area contributed by atoms with Crippen molar-refractivity contribution in [2.75, 3.05) is 6.54 Å². The molecule has 0 radical (unpaired) electrons. The number of aliphatic hydroxyl groups excluding tert-OH is 1. The SMILES string of the molecule is CC1CCN1Cc1cccc(CO)c1. The summed E-state index contributed by atoms with van der Waals surface area (Å²) in [4.78, 5) is 2.45. The monoisotopic (exact) mass is 191 g/mol. The van der Waals surface area contributed by atoms with E-state index in [0.29, 0.717) is 0 Å². The molecular formula is C12H17NO. The first-order valence-corrected chi connectivity index (χ1v) is 5.22. The Balaban J connectivity index is 2.01. The van der Waals surface area contributed by atoms with E-state index in [2.05, 4.69) is 24.0 Å². The Morgan fingerprint density at radius 1 is 1.43 bits per heavy atom. The number of hydrogen-bond donors (Lipinski definition) is 1. The molecule has 1 fully saturated rings. The summed E-state index contributed by atoms with van der Waals surface area (Å²) in [5.41, 5.74) is 2.32. The Labute approximate surface area is 85.2 Å². The molecule has 2 rings (SSSR count). The number of aliphatic hydroxyl groups is 1. The maximum absolute atomic E-state index is 9.01. The van der Waals surface area contributed by atoms with Gasteiger partial charge in [-0.3, -0.25) is 4.90 Å². The molecule has 1 aliphatic heterocycles. The van der Waals surface area contributed by atoms with Crippen molar-refractivity contribution in [1.82, 2.24) is 4.90 Å². The van der Waals surface area contributed by atoms with Gasteiger partial charge in [-0.1, -0.05) is 24.3 Å². The van der Waals surface area contributed by atoms with Crippen molar-refractivity contribution in [3.05, 3.63) is 35.4 Å². The van der Waals surface area contributed by atoms with Gasteiger partial charge in [0, 0.05) is 19.1 Å². The Hall–Kier alpha value is -0.860. The molecule has 1 atom stereocenters. The molecule has 1 N–H and O–H groups in total. The van der Waals surface area contributed by atoms with E-state index in [4.69, 9.17) is 5.11 Å². The summed E-state index contributed by atoms with van der Waals surface area (Å²) in [6.07, 6.45) is 1.32. The van der Waals surface area contributed by atoms with Gasteiger partial charge in [-0.05, 0) is 24.5 Å². The molecule has 14 heavy (non-hydrogen) atoms. The van der Waals surface area contributed by atoms with Gasteiger partial charge in [0.15, 0.2) is 0 Å². The third kappa shape index (κ3) is 1.97. The fraction of sp³-hybridized carbons (Fsp3) is 0.500. The summed E-state index contributed by atoms with van der Waals surface area (Å²) in [7, 11) is 0. The molecule has 0 saturated carbocycles.